The average Bonchev–Trinajstić information content (AvgIpc) is 2.39. The Hall–Kier alpha value is -1.64. The van der Waals surface area contributed by atoms with Gasteiger partial charge >= 0.3 is 5.97 Å². The van der Waals surface area contributed by atoms with Crippen molar-refractivity contribution in [2.24, 2.45) is 0 Å². The fourth-order valence-electron chi connectivity index (χ4n) is 2.44. The van der Waals surface area contributed by atoms with Crippen LogP contribution in [-0.4, -0.2) is 18.4 Å². The van der Waals surface area contributed by atoms with Crippen LogP contribution in [0, 0.1) is 0 Å². The van der Waals surface area contributed by atoms with E-state index >= 15 is 0 Å². The van der Waals surface area contributed by atoms with Gasteiger partial charge in [-0.2, -0.15) is 0 Å². The molecular weight excluding hydrogens is 228 g/mol. The van der Waals surface area contributed by atoms with Gasteiger partial charge in [0, 0.05) is 12.8 Å². The SMILES string of the molecule is CCOC(=O)c1cccc(C2CCCC(=O)C2)c1. The second-order valence-electron chi connectivity index (χ2n) is 4.68. The van der Waals surface area contributed by atoms with Gasteiger partial charge in [-0.25, -0.2) is 4.79 Å². The van der Waals surface area contributed by atoms with Gasteiger partial charge in [0.25, 0.3) is 0 Å². The van der Waals surface area contributed by atoms with E-state index in [9.17, 15) is 9.59 Å². The lowest BCUT2D eigenvalue weighted by molar-refractivity contribution is -0.120. The highest BCUT2D eigenvalue weighted by Crippen LogP contribution is 2.31. The summed E-state index contributed by atoms with van der Waals surface area (Å²) < 4.78 is 4.99. The fourth-order valence-corrected chi connectivity index (χ4v) is 2.44. The molecule has 0 saturated heterocycles. The minimum Gasteiger partial charge on any atom is -0.462 e. The molecule has 1 atom stereocenters. The second-order valence-corrected chi connectivity index (χ2v) is 4.68. The molecule has 0 amide bonds. The van der Waals surface area contributed by atoms with Gasteiger partial charge in [-0.15, -0.1) is 0 Å². The first-order chi connectivity index (χ1) is 8.70. The van der Waals surface area contributed by atoms with Crippen molar-refractivity contribution >= 4 is 11.8 Å². The summed E-state index contributed by atoms with van der Waals surface area (Å²) in [6.07, 6.45) is 3.28. The van der Waals surface area contributed by atoms with E-state index in [1.807, 2.05) is 18.2 Å². The number of Topliss-reactive ketones (excluding diaryl/α,β-unsaturated/α-hetero) is 1. The molecule has 0 spiro atoms. The van der Waals surface area contributed by atoms with Gasteiger partial charge in [-0.1, -0.05) is 12.1 Å². The zero-order chi connectivity index (χ0) is 13.0. The molecule has 3 heteroatoms. The summed E-state index contributed by atoms with van der Waals surface area (Å²) in [4.78, 5) is 23.1. The molecule has 0 aliphatic heterocycles. The van der Waals surface area contributed by atoms with E-state index in [0.29, 0.717) is 30.8 Å². The number of hydrogen-bond acceptors (Lipinski definition) is 3. The van der Waals surface area contributed by atoms with E-state index in [1.54, 1.807) is 13.0 Å². The van der Waals surface area contributed by atoms with Gasteiger partial charge in [0.2, 0.25) is 0 Å². The molecule has 3 nitrogen and oxygen atoms in total. The number of ketones is 1. The molecule has 1 aromatic rings. The van der Waals surface area contributed by atoms with E-state index in [-0.39, 0.29) is 11.9 Å². The van der Waals surface area contributed by atoms with E-state index in [4.69, 9.17) is 4.74 Å². The molecule has 1 fully saturated rings. The van der Waals surface area contributed by atoms with Gasteiger partial charge in [0.15, 0.2) is 0 Å². The minimum absolute atomic E-state index is 0.264. The van der Waals surface area contributed by atoms with Crippen LogP contribution in [0.1, 0.15) is 54.4 Å². The number of ether oxygens (including phenoxy) is 1. The van der Waals surface area contributed by atoms with E-state index < -0.39 is 0 Å². The van der Waals surface area contributed by atoms with Crippen LogP contribution in [0.5, 0.6) is 0 Å². The van der Waals surface area contributed by atoms with Gasteiger partial charge < -0.3 is 4.74 Å². The lowest BCUT2D eigenvalue weighted by Crippen LogP contribution is -2.14. The molecule has 1 saturated carbocycles. The molecule has 96 valence electrons. The second kappa shape index (κ2) is 5.80. The summed E-state index contributed by atoms with van der Waals surface area (Å²) in [6, 6.07) is 7.47. The predicted molar refractivity (Wildman–Crippen MR) is 68.6 cm³/mol. The number of carbonyl (C=O) groups is 2. The molecule has 1 unspecified atom stereocenters. The highest BCUT2D eigenvalue weighted by atomic mass is 16.5. The maximum atomic E-state index is 11.7. The third-order valence-corrected chi connectivity index (χ3v) is 3.35. The van der Waals surface area contributed by atoms with Crippen molar-refractivity contribution in [1.82, 2.24) is 0 Å². The van der Waals surface area contributed by atoms with Crippen molar-refractivity contribution in [1.29, 1.82) is 0 Å². The Morgan fingerprint density at radius 3 is 3.00 bits per heavy atom. The Morgan fingerprint density at radius 2 is 2.28 bits per heavy atom. The average molecular weight is 246 g/mol. The number of carbonyl (C=O) groups excluding carboxylic acids is 2. The van der Waals surface area contributed by atoms with E-state index in [2.05, 4.69) is 0 Å². The van der Waals surface area contributed by atoms with Crippen molar-refractivity contribution in [3.05, 3.63) is 35.4 Å². The largest absolute Gasteiger partial charge is 0.462 e. The minimum atomic E-state index is -0.290. The normalized spacial score (nSPS) is 19.6. The third kappa shape index (κ3) is 2.97. The first-order valence-electron chi connectivity index (χ1n) is 6.49. The summed E-state index contributed by atoms with van der Waals surface area (Å²) in [6.45, 7) is 2.17. The molecule has 0 aromatic heterocycles. The van der Waals surface area contributed by atoms with Crippen LogP contribution in [-0.2, 0) is 9.53 Å². The number of benzene rings is 1. The Bertz CT molecular complexity index is 451. The third-order valence-electron chi connectivity index (χ3n) is 3.35. The summed E-state index contributed by atoms with van der Waals surface area (Å²) >= 11 is 0. The molecular formula is C15H18O3. The quantitative estimate of drug-likeness (QED) is 0.770. The summed E-state index contributed by atoms with van der Waals surface area (Å²) in [5, 5.41) is 0. The standard InChI is InChI=1S/C15H18O3/c1-2-18-15(17)13-7-3-5-11(9-13)12-6-4-8-14(16)10-12/h3,5,7,9,12H,2,4,6,8,10H2,1H3. The topological polar surface area (TPSA) is 43.4 Å². The molecule has 1 aliphatic carbocycles. The van der Waals surface area contributed by atoms with Crippen LogP contribution in [0.3, 0.4) is 0 Å². The molecule has 2 rings (SSSR count). The monoisotopic (exact) mass is 246 g/mol. The summed E-state index contributed by atoms with van der Waals surface area (Å²) in [7, 11) is 0. The Balaban J connectivity index is 2.16. The molecule has 0 radical (unpaired) electrons. The van der Waals surface area contributed by atoms with Gasteiger partial charge in [0.1, 0.15) is 5.78 Å². The van der Waals surface area contributed by atoms with E-state index in [0.717, 1.165) is 18.4 Å². The van der Waals surface area contributed by atoms with Gasteiger partial charge in [-0.05, 0) is 43.4 Å². The van der Waals surface area contributed by atoms with Crippen molar-refractivity contribution < 1.29 is 14.3 Å². The molecule has 0 N–H and O–H groups in total. The van der Waals surface area contributed by atoms with Crippen molar-refractivity contribution in [3.63, 3.8) is 0 Å². The molecule has 0 bridgehead atoms. The van der Waals surface area contributed by atoms with Crippen molar-refractivity contribution in [3.8, 4) is 0 Å². The molecule has 18 heavy (non-hydrogen) atoms. The summed E-state index contributed by atoms with van der Waals surface area (Å²) in [5.41, 5.74) is 1.65. The van der Waals surface area contributed by atoms with Crippen LogP contribution < -0.4 is 0 Å². The predicted octanol–water partition coefficient (Wildman–Crippen LogP) is 3.09. The lowest BCUT2D eigenvalue weighted by atomic mass is 9.83. The number of rotatable bonds is 3. The molecule has 1 aliphatic rings. The van der Waals surface area contributed by atoms with Crippen LogP contribution >= 0.6 is 0 Å². The Kier molecular flexibility index (Phi) is 4.13. The number of esters is 1. The molecule has 0 heterocycles. The van der Waals surface area contributed by atoms with Crippen LogP contribution in [0.15, 0.2) is 24.3 Å². The summed E-state index contributed by atoms with van der Waals surface area (Å²) in [5.74, 6) is 0.301. The zero-order valence-corrected chi connectivity index (χ0v) is 10.6. The van der Waals surface area contributed by atoms with Gasteiger partial charge in [0.05, 0.1) is 12.2 Å². The molecule has 1 aromatic carbocycles. The number of hydrogen-bond donors (Lipinski definition) is 0. The van der Waals surface area contributed by atoms with Crippen molar-refractivity contribution in [2.45, 2.75) is 38.5 Å². The van der Waals surface area contributed by atoms with Crippen LogP contribution in [0.25, 0.3) is 0 Å². The van der Waals surface area contributed by atoms with E-state index in [1.165, 1.54) is 0 Å². The maximum absolute atomic E-state index is 11.7. The lowest BCUT2D eigenvalue weighted by Gasteiger charge is -2.21. The Labute approximate surface area is 107 Å². The maximum Gasteiger partial charge on any atom is 0.338 e. The highest BCUT2D eigenvalue weighted by molar-refractivity contribution is 5.89. The smallest absolute Gasteiger partial charge is 0.338 e. The van der Waals surface area contributed by atoms with Crippen LogP contribution in [0.4, 0.5) is 0 Å². The fraction of sp³-hybridized carbons (Fsp3) is 0.467. The highest BCUT2D eigenvalue weighted by Gasteiger charge is 2.21. The zero-order valence-electron chi connectivity index (χ0n) is 10.6. The van der Waals surface area contributed by atoms with Crippen molar-refractivity contribution in [2.75, 3.05) is 6.61 Å². The van der Waals surface area contributed by atoms with Gasteiger partial charge in [-0.3, -0.25) is 4.79 Å². The Morgan fingerprint density at radius 1 is 1.44 bits per heavy atom. The first-order valence-corrected chi connectivity index (χ1v) is 6.49. The van der Waals surface area contributed by atoms with Crippen LogP contribution in [0.2, 0.25) is 0 Å². The first kappa shape index (κ1) is 12.8.